The van der Waals surface area contributed by atoms with Gasteiger partial charge in [-0.1, -0.05) is 67.8 Å². The maximum Gasteiger partial charge on any atom is 0.271 e. The molecule has 1 amide bonds. The Labute approximate surface area is 142 Å². The summed E-state index contributed by atoms with van der Waals surface area (Å²) in [6.45, 7) is 0. The van der Waals surface area contributed by atoms with E-state index >= 15 is 0 Å². The van der Waals surface area contributed by atoms with E-state index in [9.17, 15) is 9.90 Å². The lowest BCUT2D eigenvalue weighted by atomic mass is 9.79. The molecule has 24 heavy (non-hydrogen) atoms. The third kappa shape index (κ3) is 3.71. The number of nitrogens with one attached hydrogen (secondary N) is 1. The summed E-state index contributed by atoms with van der Waals surface area (Å²) in [4.78, 5) is 12.3. The van der Waals surface area contributed by atoms with Crippen LogP contribution < -0.4 is 5.43 Å². The number of nitrogens with zero attached hydrogens (tertiary/aromatic N) is 1. The molecule has 1 saturated carbocycles. The van der Waals surface area contributed by atoms with Crippen molar-refractivity contribution in [1.82, 2.24) is 5.43 Å². The first kappa shape index (κ1) is 16.4. The molecule has 1 aliphatic carbocycles. The van der Waals surface area contributed by atoms with Crippen LogP contribution in [0.15, 0.2) is 65.8 Å². The molecule has 0 radical (unpaired) electrons. The number of hydrazone groups is 1. The predicted molar refractivity (Wildman–Crippen MR) is 94.9 cm³/mol. The molecule has 1 fully saturated rings. The van der Waals surface area contributed by atoms with Gasteiger partial charge >= 0.3 is 0 Å². The van der Waals surface area contributed by atoms with Crippen LogP contribution in [0, 0.1) is 0 Å². The summed E-state index contributed by atoms with van der Waals surface area (Å²) < 4.78 is 0. The molecule has 0 heterocycles. The molecule has 1 aliphatic rings. The Balaban J connectivity index is 1.88. The van der Waals surface area contributed by atoms with Crippen molar-refractivity contribution >= 4 is 11.6 Å². The van der Waals surface area contributed by atoms with E-state index in [1.807, 2.05) is 48.5 Å². The van der Waals surface area contributed by atoms with Gasteiger partial charge in [0.1, 0.15) is 5.60 Å². The first-order valence-corrected chi connectivity index (χ1v) is 8.40. The number of benzene rings is 2. The van der Waals surface area contributed by atoms with Crippen molar-refractivity contribution in [3.63, 3.8) is 0 Å². The van der Waals surface area contributed by atoms with Crippen LogP contribution >= 0.6 is 0 Å². The molecule has 2 aromatic rings. The Hall–Kier alpha value is -2.46. The van der Waals surface area contributed by atoms with E-state index in [1.54, 1.807) is 12.1 Å². The molecule has 0 spiro atoms. The van der Waals surface area contributed by atoms with Gasteiger partial charge in [0.05, 0.1) is 5.71 Å². The summed E-state index contributed by atoms with van der Waals surface area (Å²) in [5.41, 5.74) is 3.56. The molecule has 4 nitrogen and oxygen atoms in total. The Morgan fingerprint density at radius 3 is 2.00 bits per heavy atom. The highest BCUT2D eigenvalue weighted by molar-refractivity contribution is 6.07. The van der Waals surface area contributed by atoms with E-state index in [4.69, 9.17) is 0 Å². The molecule has 0 saturated heterocycles. The van der Waals surface area contributed by atoms with E-state index in [1.165, 1.54) is 0 Å². The van der Waals surface area contributed by atoms with Crippen molar-refractivity contribution in [3.8, 4) is 0 Å². The maximum atomic E-state index is 12.3. The normalized spacial score (nSPS) is 17.3. The summed E-state index contributed by atoms with van der Waals surface area (Å²) in [5, 5.41) is 15.4. The van der Waals surface area contributed by atoms with Gasteiger partial charge < -0.3 is 5.11 Å². The lowest BCUT2D eigenvalue weighted by Gasteiger charge is -2.33. The third-order valence-electron chi connectivity index (χ3n) is 4.47. The van der Waals surface area contributed by atoms with Crippen molar-refractivity contribution < 1.29 is 9.90 Å². The molecule has 3 rings (SSSR count). The van der Waals surface area contributed by atoms with Gasteiger partial charge in [-0.3, -0.25) is 4.79 Å². The third-order valence-corrected chi connectivity index (χ3v) is 4.47. The van der Waals surface area contributed by atoms with E-state index < -0.39 is 5.60 Å². The summed E-state index contributed by atoms with van der Waals surface area (Å²) in [5.74, 6) is -0.275. The van der Waals surface area contributed by atoms with Gasteiger partial charge in [0.2, 0.25) is 0 Å². The fourth-order valence-corrected chi connectivity index (χ4v) is 3.17. The second kappa shape index (κ2) is 7.41. The zero-order chi connectivity index (χ0) is 16.8. The molecular formula is C20H22N2O2. The van der Waals surface area contributed by atoms with E-state index in [-0.39, 0.29) is 5.91 Å². The molecule has 0 aromatic heterocycles. The molecule has 124 valence electrons. The number of carbonyl (C=O) groups excluding carboxylic acids is 1. The average Bonchev–Trinajstić information content (AvgIpc) is 2.64. The van der Waals surface area contributed by atoms with Crippen molar-refractivity contribution in [3.05, 3.63) is 71.8 Å². The number of aliphatic hydroxyl groups is 1. The van der Waals surface area contributed by atoms with Gasteiger partial charge in [0.25, 0.3) is 5.91 Å². The van der Waals surface area contributed by atoms with Gasteiger partial charge in [-0.2, -0.15) is 5.10 Å². The van der Waals surface area contributed by atoms with Crippen molar-refractivity contribution in [2.75, 3.05) is 0 Å². The average molecular weight is 322 g/mol. The molecular weight excluding hydrogens is 300 g/mol. The Bertz CT molecular complexity index is 705. The zero-order valence-electron chi connectivity index (χ0n) is 13.6. The first-order chi connectivity index (χ1) is 11.7. The zero-order valence-corrected chi connectivity index (χ0v) is 13.6. The molecule has 0 aliphatic heterocycles. The maximum absolute atomic E-state index is 12.3. The minimum Gasteiger partial charge on any atom is -0.383 e. The van der Waals surface area contributed by atoms with Crippen LogP contribution in [-0.4, -0.2) is 22.3 Å². The number of rotatable bonds is 4. The fourth-order valence-electron chi connectivity index (χ4n) is 3.17. The van der Waals surface area contributed by atoms with Crippen LogP contribution in [0.5, 0.6) is 0 Å². The van der Waals surface area contributed by atoms with Crippen molar-refractivity contribution in [1.29, 1.82) is 0 Å². The van der Waals surface area contributed by atoms with Crippen LogP contribution in [0.1, 0.15) is 48.0 Å². The molecule has 0 unspecified atom stereocenters. The minimum atomic E-state index is -0.983. The summed E-state index contributed by atoms with van der Waals surface area (Å²) in [6.07, 6.45) is 4.40. The molecule has 0 atom stereocenters. The highest BCUT2D eigenvalue weighted by Gasteiger charge is 2.36. The molecule has 0 bridgehead atoms. The SMILES string of the molecule is O=C(NN=C(c1ccccc1)C1(O)CCCCC1)c1ccccc1. The minimum absolute atomic E-state index is 0.275. The lowest BCUT2D eigenvalue weighted by molar-refractivity contribution is 0.0707. The topological polar surface area (TPSA) is 61.7 Å². The predicted octanol–water partition coefficient (Wildman–Crippen LogP) is 3.52. The van der Waals surface area contributed by atoms with Crippen molar-refractivity contribution in [2.24, 2.45) is 5.10 Å². The van der Waals surface area contributed by atoms with Crippen molar-refractivity contribution in [2.45, 2.75) is 37.7 Å². The standard InChI is InChI=1S/C20H22N2O2/c23-19(17-12-6-2-7-13-17)22-21-18(16-10-4-1-5-11-16)20(24)14-8-3-9-15-20/h1-2,4-7,10-13,24H,3,8-9,14-15H2,(H,22,23). The smallest absolute Gasteiger partial charge is 0.271 e. The van der Waals surface area contributed by atoms with Crippen LogP contribution in [0.2, 0.25) is 0 Å². The Kier molecular flexibility index (Phi) is 5.06. The Morgan fingerprint density at radius 2 is 1.42 bits per heavy atom. The Morgan fingerprint density at radius 1 is 0.875 bits per heavy atom. The largest absolute Gasteiger partial charge is 0.383 e. The van der Waals surface area contributed by atoms with E-state index in [0.717, 1.165) is 24.8 Å². The summed E-state index contributed by atoms with van der Waals surface area (Å²) in [7, 11) is 0. The summed E-state index contributed by atoms with van der Waals surface area (Å²) in [6, 6.07) is 18.5. The number of hydrogen-bond acceptors (Lipinski definition) is 3. The number of amides is 1. The van der Waals surface area contributed by atoms with Crippen LogP contribution in [0.3, 0.4) is 0 Å². The second-order valence-corrected chi connectivity index (χ2v) is 6.23. The monoisotopic (exact) mass is 322 g/mol. The van der Waals surface area contributed by atoms with E-state index in [0.29, 0.717) is 24.1 Å². The van der Waals surface area contributed by atoms with Crippen LogP contribution in [0.25, 0.3) is 0 Å². The van der Waals surface area contributed by atoms with Gasteiger partial charge in [0.15, 0.2) is 0 Å². The highest BCUT2D eigenvalue weighted by atomic mass is 16.3. The second-order valence-electron chi connectivity index (χ2n) is 6.23. The molecule has 4 heteroatoms. The quantitative estimate of drug-likeness (QED) is 0.668. The van der Waals surface area contributed by atoms with Gasteiger partial charge in [-0.15, -0.1) is 0 Å². The van der Waals surface area contributed by atoms with Gasteiger partial charge in [-0.25, -0.2) is 5.43 Å². The molecule has 2 N–H and O–H groups in total. The first-order valence-electron chi connectivity index (χ1n) is 8.40. The highest BCUT2D eigenvalue weighted by Crippen LogP contribution is 2.31. The van der Waals surface area contributed by atoms with Gasteiger partial charge in [-0.05, 0) is 25.0 Å². The van der Waals surface area contributed by atoms with E-state index in [2.05, 4.69) is 10.5 Å². The molecule has 2 aromatic carbocycles. The van der Waals surface area contributed by atoms with Gasteiger partial charge in [0, 0.05) is 11.1 Å². The fraction of sp³-hybridized carbons (Fsp3) is 0.300. The number of hydrogen-bond donors (Lipinski definition) is 2. The van der Waals surface area contributed by atoms with Crippen LogP contribution in [-0.2, 0) is 0 Å². The number of carbonyl (C=O) groups is 1. The lowest BCUT2D eigenvalue weighted by Crippen LogP contribution is -2.42. The van der Waals surface area contributed by atoms with Crippen LogP contribution in [0.4, 0.5) is 0 Å². The summed E-state index contributed by atoms with van der Waals surface area (Å²) >= 11 is 0.